The number of rotatable bonds is 4. The molecule has 0 radical (unpaired) electrons. The molecule has 0 aliphatic carbocycles. The highest BCUT2D eigenvalue weighted by Crippen LogP contribution is 2.19. The Morgan fingerprint density at radius 1 is 1.36 bits per heavy atom. The number of hydrogen-bond donors (Lipinski definition) is 0. The van der Waals surface area contributed by atoms with Crippen molar-refractivity contribution in [1.29, 1.82) is 0 Å². The van der Waals surface area contributed by atoms with E-state index in [1.165, 1.54) is 0 Å². The summed E-state index contributed by atoms with van der Waals surface area (Å²) in [4.78, 5) is 2.30. The average molecular weight is 221 g/mol. The van der Waals surface area contributed by atoms with E-state index in [-0.39, 0.29) is 0 Å². The molecule has 0 unspecified atom stereocenters. The van der Waals surface area contributed by atoms with Crippen molar-refractivity contribution in [3.8, 4) is 0 Å². The van der Waals surface area contributed by atoms with Crippen LogP contribution < -0.4 is 0 Å². The molecule has 0 N–H and O–H groups in total. The maximum atomic E-state index is 10.7. The summed E-state index contributed by atoms with van der Waals surface area (Å²) < 4.78 is 26.1. The lowest BCUT2D eigenvalue weighted by atomic mass is 9.94. The molecule has 0 atom stereocenters. The molecular formula is C9H19NO3S. The Morgan fingerprint density at radius 2 is 1.93 bits per heavy atom. The Balaban J connectivity index is 2.14. The van der Waals surface area contributed by atoms with Crippen molar-refractivity contribution in [3.63, 3.8) is 0 Å². The maximum Gasteiger partial charge on any atom is 0.264 e. The zero-order chi connectivity index (χ0) is 10.6. The summed E-state index contributed by atoms with van der Waals surface area (Å²) in [6.45, 7) is 2.57. The summed E-state index contributed by atoms with van der Waals surface area (Å²) in [5.41, 5.74) is 0. The number of hydrogen-bond acceptors (Lipinski definition) is 4. The molecule has 1 aliphatic heterocycles. The molecule has 1 aliphatic rings. The second kappa shape index (κ2) is 5.09. The summed E-state index contributed by atoms with van der Waals surface area (Å²) >= 11 is 0. The van der Waals surface area contributed by atoms with Crippen molar-refractivity contribution >= 4 is 10.1 Å². The molecule has 1 saturated heterocycles. The van der Waals surface area contributed by atoms with E-state index < -0.39 is 10.1 Å². The highest BCUT2D eigenvalue weighted by atomic mass is 32.2. The van der Waals surface area contributed by atoms with E-state index in [9.17, 15) is 8.42 Å². The lowest BCUT2D eigenvalue weighted by Gasteiger charge is -2.28. The zero-order valence-corrected chi connectivity index (χ0v) is 9.72. The quantitative estimate of drug-likeness (QED) is 0.655. The minimum absolute atomic E-state index is 0.340. The van der Waals surface area contributed by atoms with Crippen LogP contribution in [0.2, 0.25) is 0 Å². The Morgan fingerprint density at radius 3 is 2.43 bits per heavy atom. The third-order valence-corrected chi connectivity index (χ3v) is 3.26. The third kappa shape index (κ3) is 4.93. The van der Waals surface area contributed by atoms with Gasteiger partial charge in [-0.1, -0.05) is 0 Å². The van der Waals surface area contributed by atoms with Gasteiger partial charge in [0, 0.05) is 0 Å². The van der Waals surface area contributed by atoms with Crippen LogP contribution in [0.3, 0.4) is 0 Å². The van der Waals surface area contributed by atoms with Gasteiger partial charge in [-0.15, -0.1) is 0 Å². The zero-order valence-electron chi connectivity index (χ0n) is 8.90. The average Bonchev–Trinajstić information content (AvgIpc) is 2.06. The molecule has 84 valence electrons. The molecule has 1 fully saturated rings. The van der Waals surface area contributed by atoms with Crippen LogP contribution in [0.5, 0.6) is 0 Å². The smallest absolute Gasteiger partial charge is 0.264 e. The molecule has 0 spiro atoms. The van der Waals surface area contributed by atoms with Gasteiger partial charge >= 0.3 is 0 Å². The molecule has 0 aromatic rings. The Bertz CT molecular complexity index is 255. The summed E-state index contributed by atoms with van der Waals surface area (Å²) in [5, 5.41) is 0. The van der Waals surface area contributed by atoms with Gasteiger partial charge in [0.2, 0.25) is 0 Å². The molecule has 5 heteroatoms. The second-order valence-electron chi connectivity index (χ2n) is 4.06. The first kappa shape index (κ1) is 11.9. The minimum Gasteiger partial charge on any atom is -0.306 e. The second-order valence-corrected chi connectivity index (χ2v) is 5.71. The number of likely N-dealkylation sites (tertiary alicyclic amines) is 1. The molecular weight excluding hydrogens is 202 g/mol. The first-order valence-corrected chi connectivity index (χ1v) is 6.82. The third-order valence-electron chi connectivity index (χ3n) is 2.66. The van der Waals surface area contributed by atoms with E-state index in [4.69, 9.17) is 4.18 Å². The van der Waals surface area contributed by atoms with E-state index in [1.807, 2.05) is 0 Å². The van der Waals surface area contributed by atoms with Crippen LogP contribution in [0.1, 0.15) is 19.3 Å². The fourth-order valence-corrected chi connectivity index (χ4v) is 2.12. The molecule has 1 heterocycles. The molecule has 0 aromatic heterocycles. The summed E-state index contributed by atoms with van der Waals surface area (Å²) in [6.07, 6.45) is 4.27. The summed E-state index contributed by atoms with van der Waals surface area (Å²) in [6, 6.07) is 0. The van der Waals surface area contributed by atoms with Crippen molar-refractivity contribution in [3.05, 3.63) is 0 Å². The fraction of sp³-hybridized carbons (Fsp3) is 1.00. The van der Waals surface area contributed by atoms with Gasteiger partial charge in [-0.05, 0) is 45.3 Å². The number of piperidine rings is 1. The lowest BCUT2D eigenvalue weighted by molar-refractivity contribution is 0.190. The van der Waals surface area contributed by atoms with E-state index in [0.717, 1.165) is 38.6 Å². The van der Waals surface area contributed by atoms with Crippen molar-refractivity contribution in [2.24, 2.45) is 5.92 Å². The highest BCUT2D eigenvalue weighted by Gasteiger charge is 2.16. The van der Waals surface area contributed by atoms with Crippen LogP contribution in [0.4, 0.5) is 0 Å². The van der Waals surface area contributed by atoms with Crippen LogP contribution in [0.15, 0.2) is 0 Å². The van der Waals surface area contributed by atoms with Crippen molar-refractivity contribution < 1.29 is 12.6 Å². The minimum atomic E-state index is -3.25. The van der Waals surface area contributed by atoms with Crippen molar-refractivity contribution in [1.82, 2.24) is 4.90 Å². The number of nitrogens with zero attached hydrogens (tertiary/aromatic N) is 1. The lowest BCUT2D eigenvalue weighted by Crippen LogP contribution is -2.30. The molecule has 0 aromatic carbocycles. The fourth-order valence-electron chi connectivity index (χ4n) is 1.72. The molecule has 14 heavy (non-hydrogen) atoms. The largest absolute Gasteiger partial charge is 0.306 e. The van der Waals surface area contributed by atoms with Crippen molar-refractivity contribution in [2.75, 3.05) is 33.0 Å². The molecule has 0 bridgehead atoms. The van der Waals surface area contributed by atoms with E-state index >= 15 is 0 Å². The van der Waals surface area contributed by atoms with Gasteiger partial charge in [-0.25, -0.2) is 0 Å². The molecule has 4 nitrogen and oxygen atoms in total. The molecule has 1 rings (SSSR count). The first-order chi connectivity index (χ1) is 6.47. The maximum absolute atomic E-state index is 10.7. The van der Waals surface area contributed by atoms with Gasteiger partial charge in [0.25, 0.3) is 10.1 Å². The van der Waals surface area contributed by atoms with Gasteiger partial charge in [-0.3, -0.25) is 4.18 Å². The Hall–Kier alpha value is -0.130. The topological polar surface area (TPSA) is 46.6 Å². The molecule has 0 saturated carbocycles. The Labute approximate surface area is 86.4 Å². The van der Waals surface area contributed by atoms with Crippen LogP contribution in [-0.2, 0) is 14.3 Å². The Kier molecular flexibility index (Phi) is 4.34. The summed E-state index contributed by atoms with van der Waals surface area (Å²) in [5.74, 6) is 0.632. The van der Waals surface area contributed by atoms with Crippen molar-refractivity contribution in [2.45, 2.75) is 19.3 Å². The van der Waals surface area contributed by atoms with Gasteiger partial charge in [-0.2, -0.15) is 8.42 Å². The molecule has 0 amide bonds. The van der Waals surface area contributed by atoms with Crippen LogP contribution >= 0.6 is 0 Å². The predicted molar refractivity (Wildman–Crippen MR) is 55.6 cm³/mol. The van der Waals surface area contributed by atoms with Crippen LogP contribution in [0.25, 0.3) is 0 Å². The van der Waals surface area contributed by atoms with Gasteiger partial charge in [0.15, 0.2) is 0 Å². The SMILES string of the molecule is CN1CCC(CCOS(C)(=O)=O)CC1. The van der Waals surface area contributed by atoms with Crippen LogP contribution in [-0.4, -0.2) is 46.3 Å². The summed E-state index contributed by atoms with van der Waals surface area (Å²) in [7, 11) is -1.13. The van der Waals surface area contributed by atoms with E-state index in [0.29, 0.717) is 12.5 Å². The van der Waals surface area contributed by atoms with Gasteiger partial charge < -0.3 is 4.90 Å². The standard InChI is InChI=1S/C9H19NO3S/c1-10-6-3-9(4-7-10)5-8-13-14(2,11)12/h9H,3-8H2,1-2H3. The monoisotopic (exact) mass is 221 g/mol. The van der Waals surface area contributed by atoms with E-state index in [2.05, 4.69) is 11.9 Å². The highest BCUT2D eigenvalue weighted by molar-refractivity contribution is 7.85. The normalized spacial score (nSPS) is 21.3. The first-order valence-electron chi connectivity index (χ1n) is 5.00. The van der Waals surface area contributed by atoms with Gasteiger partial charge in [0.05, 0.1) is 12.9 Å². The van der Waals surface area contributed by atoms with E-state index in [1.54, 1.807) is 0 Å². The predicted octanol–water partition coefficient (Wildman–Crippen LogP) is 0.694. The van der Waals surface area contributed by atoms with Gasteiger partial charge in [0.1, 0.15) is 0 Å². The van der Waals surface area contributed by atoms with Crippen LogP contribution in [0, 0.1) is 5.92 Å².